The summed E-state index contributed by atoms with van der Waals surface area (Å²) in [5.41, 5.74) is 5.42. The molecule has 0 atom stereocenters. The Kier molecular flexibility index (Phi) is 4.18. The summed E-state index contributed by atoms with van der Waals surface area (Å²) in [5.74, 6) is 1.51. The Morgan fingerprint density at radius 2 is 2.16 bits per heavy atom. The number of non-ortho nitro benzene ring substituents is 1. The van der Waals surface area contributed by atoms with Gasteiger partial charge in [0.05, 0.1) is 11.5 Å². The standard InChI is InChI=1S/C10H11N5O3S/c11-9-12-10(14-13-9)19-6-5-18-8-3-1-7(2-4-8)15(16)17/h1-4H,5-6H2,(H3,11,12,13,14). The zero-order valence-corrected chi connectivity index (χ0v) is 10.6. The van der Waals surface area contributed by atoms with Crippen molar-refractivity contribution in [2.45, 2.75) is 5.16 Å². The van der Waals surface area contributed by atoms with Crippen molar-refractivity contribution in [3.8, 4) is 5.75 Å². The summed E-state index contributed by atoms with van der Waals surface area (Å²) in [7, 11) is 0. The van der Waals surface area contributed by atoms with Gasteiger partial charge in [0.15, 0.2) is 0 Å². The Morgan fingerprint density at radius 3 is 2.74 bits per heavy atom. The highest BCUT2D eigenvalue weighted by atomic mass is 32.2. The maximum absolute atomic E-state index is 10.5. The van der Waals surface area contributed by atoms with Crippen molar-refractivity contribution >= 4 is 23.4 Å². The van der Waals surface area contributed by atoms with Gasteiger partial charge >= 0.3 is 0 Å². The van der Waals surface area contributed by atoms with E-state index in [9.17, 15) is 10.1 Å². The topological polar surface area (TPSA) is 120 Å². The fourth-order valence-electron chi connectivity index (χ4n) is 1.28. The van der Waals surface area contributed by atoms with Crippen LogP contribution in [0.25, 0.3) is 0 Å². The molecule has 1 heterocycles. The Bertz CT molecular complexity index is 557. The zero-order valence-electron chi connectivity index (χ0n) is 9.78. The molecule has 0 unspecified atom stereocenters. The summed E-state index contributed by atoms with van der Waals surface area (Å²) in [6.07, 6.45) is 0. The van der Waals surface area contributed by atoms with Crippen molar-refractivity contribution in [3.63, 3.8) is 0 Å². The molecule has 1 aromatic heterocycles. The van der Waals surface area contributed by atoms with Gasteiger partial charge in [-0.3, -0.25) is 10.1 Å². The van der Waals surface area contributed by atoms with Crippen molar-refractivity contribution in [2.75, 3.05) is 18.1 Å². The number of nitrogens with zero attached hydrogens (tertiary/aromatic N) is 3. The summed E-state index contributed by atoms with van der Waals surface area (Å²) < 4.78 is 5.43. The molecule has 0 amide bonds. The molecule has 19 heavy (non-hydrogen) atoms. The van der Waals surface area contributed by atoms with E-state index in [4.69, 9.17) is 10.5 Å². The minimum atomic E-state index is -0.451. The van der Waals surface area contributed by atoms with E-state index in [0.29, 0.717) is 23.3 Å². The van der Waals surface area contributed by atoms with E-state index in [1.807, 2.05) is 0 Å². The summed E-state index contributed by atoms with van der Waals surface area (Å²) in [6, 6.07) is 5.93. The molecular weight excluding hydrogens is 270 g/mol. The first-order chi connectivity index (χ1) is 9.15. The lowest BCUT2D eigenvalue weighted by Gasteiger charge is -2.04. The molecule has 0 aliphatic carbocycles. The Balaban J connectivity index is 1.75. The highest BCUT2D eigenvalue weighted by Gasteiger charge is 2.05. The molecular formula is C10H11N5O3S. The van der Waals surface area contributed by atoms with E-state index in [2.05, 4.69) is 15.2 Å². The molecule has 0 saturated carbocycles. The number of aromatic amines is 1. The molecule has 0 saturated heterocycles. The van der Waals surface area contributed by atoms with Gasteiger partial charge in [-0.1, -0.05) is 11.8 Å². The molecule has 9 heteroatoms. The lowest BCUT2D eigenvalue weighted by atomic mass is 10.3. The molecule has 0 fully saturated rings. The molecule has 100 valence electrons. The molecule has 0 bridgehead atoms. The molecule has 0 radical (unpaired) electrons. The number of aromatic nitrogens is 3. The minimum Gasteiger partial charge on any atom is -0.493 e. The molecule has 0 spiro atoms. The van der Waals surface area contributed by atoms with Gasteiger partial charge in [0, 0.05) is 17.9 Å². The van der Waals surface area contributed by atoms with Crippen LogP contribution in [0.15, 0.2) is 29.4 Å². The number of nitrogens with two attached hydrogens (primary N) is 1. The predicted molar refractivity (Wildman–Crippen MR) is 70.1 cm³/mol. The number of ether oxygens (including phenoxy) is 1. The third-order valence-corrected chi connectivity index (χ3v) is 2.92. The lowest BCUT2D eigenvalue weighted by molar-refractivity contribution is -0.384. The highest BCUT2D eigenvalue weighted by molar-refractivity contribution is 7.99. The van der Waals surface area contributed by atoms with Crippen LogP contribution in [0.1, 0.15) is 0 Å². The average molecular weight is 281 g/mol. The molecule has 8 nitrogen and oxygen atoms in total. The number of hydrogen-bond donors (Lipinski definition) is 2. The van der Waals surface area contributed by atoms with E-state index >= 15 is 0 Å². The monoisotopic (exact) mass is 281 g/mol. The molecule has 2 rings (SSSR count). The maximum Gasteiger partial charge on any atom is 0.269 e. The highest BCUT2D eigenvalue weighted by Crippen LogP contribution is 2.18. The fraction of sp³-hybridized carbons (Fsp3) is 0.200. The van der Waals surface area contributed by atoms with Crippen LogP contribution >= 0.6 is 11.8 Å². The van der Waals surface area contributed by atoms with Crippen LogP contribution < -0.4 is 10.5 Å². The molecule has 1 aromatic carbocycles. The van der Waals surface area contributed by atoms with Gasteiger partial charge in [-0.25, -0.2) is 5.10 Å². The van der Waals surface area contributed by atoms with E-state index in [-0.39, 0.29) is 11.6 Å². The quantitative estimate of drug-likeness (QED) is 0.356. The fourth-order valence-corrected chi connectivity index (χ4v) is 1.90. The Hall–Kier alpha value is -2.29. The lowest BCUT2D eigenvalue weighted by Crippen LogP contribution is -2.00. The summed E-state index contributed by atoms with van der Waals surface area (Å²) >= 11 is 1.40. The Morgan fingerprint density at radius 1 is 1.42 bits per heavy atom. The van der Waals surface area contributed by atoms with Crippen LogP contribution in [0.5, 0.6) is 5.75 Å². The number of nitrogen functional groups attached to an aromatic ring is 1. The van der Waals surface area contributed by atoms with Gasteiger partial charge in [-0.05, 0) is 12.1 Å². The number of nitro groups is 1. The van der Waals surface area contributed by atoms with Crippen LogP contribution in [-0.4, -0.2) is 32.5 Å². The number of nitrogens with one attached hydrogen (secondary N) is 1. The van der Waals surface area contributed by atoms with Crippen molar-refractivity contribution in [1.82, 2.24) is 15.2 Å². The van der Waals surface area contributed by atoms with Gasteiger partial charge < -0.3 is 10.5 Å². The second-order valence-corrected chi connectivity index (χ2v) is 4.51. The van der Waals surface area contributed by atoms with Crippen molar-refractivity contribution < 1.29 is 9.66 Å². The van der Waals surface area contributed by atoms with Gasteiger partial charge in [0.25, 0.3) is 5.69 Å². The number of thioether (sulfide) groups is 1. The van der Waals surface area contributed by atoms with E-state index in [0.717, 1.165) is 0 Å². The Labute approximate surface area is 112 Å². The summed E-state index contributed by atoms with van der Waals surface area (Å²) in [4.78, 5) is 13.9. The van der Waals surface area contributed by atoms with Crippen LogP contribution in [0.2, 0.25) is 0 Å². The van der Waals surface area contributed by atoms with Gasteiger partial charge in [0.1, 0.15) is 5.75 Å². The SMILES string of the molecule is Nc1nc(SCCOc2ccc([N+](=O)[O-])cc2)n[nH]1. The minimum absolute atomic E-state index is 0.0397. The van der Waals surface area contributed by atoms with Crippen LogP contribution in [-0.2, 0) is 0 Å². The maximum atomic E-state index is 10.5. The first-order valence-corrected chi connectivity index (χ1v) is 6.31. The van der Waals surface area contributed by atoms with Gasteiger partial charge in [-0.15, -0.1) is 5.10 Å². The summed E-state index contributed by atoms with van der Waals surface area (Å²) in [6.45, 7) is 0.441. The molecule has 0 aliphatic heterocycles. The smallest absolute Gasteiger partial charge is 0.269 e. The number of nitro benzene ring substituents is 1. The largest absolute Gasteiger partial charge is 0.493 e. The zero-order chi connectivity index (χ0) is 13.7. The number of H-pyrrole nitrogens is 1. The molecule has 2 aromatic rings. The van der Waals surface area contributed by atoms with E-state index in [1.165, 1.54) is 23.9 Å². The van der Waals surface area contributed by atoms with Crippen molar-refractivity contribution in [1.29, 1.82) is 0 Å². The summed E-state index contributed by atoms with van der Waals surface area (Å²) in [5, 5.41) is 17.4. The number of benzene rings is 1. The van der Waals surface area contributed by atoms with Crippen molar-refractivity contribution in [2.24, 2.45) is 0 Å². The van der Waals surface area contributed by atoms with Gasteiger partial charge in [0.2, 0.25) is 11.1 Å². The number of rotatable bonds is 6. The van der Waals surface area contributed by atoms with Crippen LogP contribution in [0, 0.1) is 10.1 Å². The predicted octanol–water partition coefficient (Wildman–Crippen LogP) is 1.47. The second kappa shape index (κ2) is 6.05. The van der Waals surface area contributed by atoms with Gasteiger partial charge in [-0.2, -0.15) is 4.98 Å². The van der Waals surface area contributed by atoms with Crippen LogP contribution in [0.3, 0.4) is 0 Å². The molecule has 0 aliphatic rings. The third-order valence-electron chi connectivity index (χ3n) is 2.11. The van der Waals surface area contributed by atoms with Crippen molar-refractivity contribution in [3.05, 3.63) is 34.4 Å². The number of anilines is 1. The average Bonchev–Trinajstić information content (AvgIpc) is 2.81. The van der Waals surface area contributed by atoms with E-state index < -0.39 is 4.92 Å². The first kappa shape index (κ1) is 13.1. The number of hydrogen-bond acceptors (Lipinski definition) is 7. The second-order valence-electron chi connectivity index (χ2n) is 3.45. The molecule has 3 N–H and O–H groups in total. The third kappa shape index (κ3) is 3.85. The first-order valence-electron chi connectivity index (χ1n) is 5.33. The normalized spacial score (nSPS) is 10.3. The van der Waals surface area contributed by atoms with Crippen LogP contribution in [0.4, 0.5) is 11.6 Å². The van der Waals surface area contributed by atoms with E-state index in [1.54, 1.807) is 12.1 Å².